The van der Waals surface area contributed by atoms with Crippen molar-refractivity contribution in [2.24, 2.45) is 0 Å². The smallest absolute Gasteiger partial charge is 0.128 e. The number of nitrogens with one attached hydrogen (secondary N) is 1. The first-order valence-electron chi connectivity index (χ1n) is 6.15. The zero-order valence-corrected chi connectivity index (χ0v) is 10.3. The Balaban J connectivity index is 1.80. The Labute approximate surface area is 110 Å². The average Bonchev–Trinajstić information content (AvgIpc) is 2.46. The van der Waals surface area contributed by atoms with Crippen LogP contribution in [0.25, 0.3) is 10.9 Å². The Hall–Kier alpha value is -2.42. The molecular formula is C16H13FN2. The van der Waals surface area contributed by atoms with Gasteiger partial charge in [0.05, 0.1) is 5.52 Å². The summed E-state index contributed by atoms with van der Waals surface area (Å²) < 4.78 is 13.5. The Morgan fingerprint density at radius 1 is 1.00 bits per heavy atom. The zero-order valence-electron chi connectivity index (χ0n) is 10.3. The molecule has 0 aliphatic carbocycles. The molecule has 94 valence electrons. The van der Waals surface area contributed by atoms with Gasteiger partial charge in [0, 0.05) is 29.4 Å². The first-order valence-corrected chi connectivity index (χ1v) is 6.15. The highest BCUT2D eigenvalue weighted by atomic mass is 19.1. The van der Waals surface area contributed by atoms with Gasteiger partial charge in [0.2, 0.25) is 0 Å². The van der Waals surface area contributed by atoms with Crippen molar-refractivity contribution in [1.29, 1.82) is 0 Å². The predicted octanol–water partition coefficient (Wildman–Crippen LogP) is 3.99. The molecule has 1 heterocycles. The molecule has 19 heavy (non-hydrogen) atoms. The van der Waals surface area contributed by atoms with Crippen LogP contribution in [-0.2, 0) is 6.54 Å². The van der Waals surface area contributed by atoms with Crippen LogP contribution in [0.3, 0.4) is 0 Å². The number of benzene rings is 2. The largest absolute Gasteiger partial charge is 0.381 e. The molecule has 2 aromatic carbocycles. The van der Waals surface area contributed by atoms with Gasteiger partial charge in [-0.05, 0) is 30.3 Å². The van der Waals surface area contributed by atoms with Crippen LogP contribution in [0.4, 0.5) is 10.1 Å². The number of pyridine rings is 1. The van der Waals surface area contributed by atoms with E-state index in [-0.39, 0.29) is 5.82 Å². The maximum absolute atomic E-state index is 13.5. The Morgan fingerprint density at radius 3 is 2.79 bits per heavy atom. The van der Waals surface area contributed by atoms with E-state index < -0.39 is 0 Å². The van der Waals surface area contributed by atoms with E-state index in [9.17, 15) is 4.39 Å². The molecule has 0 spiro atoms. The Morgan fingerprint density at radius 2 is 1.89 bits per heavy atom. The fraction of sp³-hybridized carbons (Fsp3) is 0.0625. The lowest BCUT2D eigenvalue weighted by Crippen LogP contribution is -2.01. The topological polar surface area (TPSA) is 24.9 Å². The van der Waals surface area contributed by atoms with Crippen LogP contribution in [-0.4, -0.2) is 4.98 Å². The summed E-state index contributed by atoms with van der Waals surface area (Å²) in [6.07, 6.45) is 1.77. The number of nitrogens with zero attached hydrogens (tertiary/aromatic N) is 1. The minimum atomic E-state index is -0.183. The fourth-order valence-electron chi connectivity index (χ4n) is 2.02. The SMILES string of the molecule is Fc1ccccc1CNc1ccc2ncccc2c1. The molecule has 3 aromatic rings. The second-order valence-electron chi connectivity index (χ2n) is 4.36. The van der Waals surface area contributed by atoms with E-state index in [1.54, 1.807) is 18.3 Å². The van der Waals surface area contributed by atoms with Crippen molar-refractivity contribution in [3.8, 4) is 0 Å². The Kier molecular flexibility index (Phi) is 3.11. The molecule has 0 fully saturated rings. The molecule has 1 aromatic heterocycles. The van der Waals surface area contributed by atoms with Crippen molar-refractivity contribution in [3.05, 3.63) is 72.2 Å². The van der Waals surface area contributed by atoms with E-state index in [1.165, 1.54) is 6.07 Å². The average molecular weight is 252 g/mol. The molecule has 0 aliphatic rings. The zero-order chi connectivity index (χ0) is 13.1. The van der Waals surface area contributed by atoms with Gasteiger partial charge in [-0.2, -0.15) is 0 Å². The normalized spacial score (nSPS) is 10.6. The lowest BCUT2D eigenvalue weighted by atomic mass is 10.2. The van der Waals surface area contributed by atoms with Crippen molar-refractivity contribution >= 4 is 16.6 Å². The standard InChI is InChI=1S/C16H13FN2/c17-15-6-2-1-4-13(15)11-19-14-7-8-16-12(10-14)5-3-9-18-16/h1-10,19H,11H2. The first kappa shape index (κ1) is 11.7. The number of halogens is 1. The highest BCUT2D eigenvalue weighted by Crippen LogP contribution is 2.18. The van der Waals surface area contributed by atoms with Gasteiger partial charge in [-0.15, -0.1) is 0 Å². The molecule has 0 bridgehead atoms. The second-order valence-corrected chi connectivity index (χ2v) is 4.36. The summed E-state index contributed by atoms with van der Waals surface area (Å²) in [4.78, 5) is 4.27. The summed E-state index contributed by atoms with van der Waals surface area (Å²) in [5.41, 5.74) is 2.58. The van der Waals surface area contributed by atoms with Gasteiger partial charge in [-0.1, -0.05) is 24.3 Å². The van der Waals surface area contributed by atoms with Crippen LogP contribution in [0.5, 0.6) is 0 Å². The van der Waals surface area contributed by atoms with Gasteiger partial charge in [0.1, 0.15) is 5.82 Å². The molecule has 3 heteroatoms. The quantitative estimate of drug-likeness (QED) is 0.762. The van der Waals surface area contributed by atoms with Crippen LogP contribution in [0, 0.1) is 5.82 Å². The summed E-state index contributed by atoms with van der Waals surface area (Å²) in [6, 6.07) is 16.6. The summed E-state index contributed by atoms with van der Waals surface area (Å²) in [6.45, 7) is 0.471. The van der Waals surface area contributed by atoms with Crippen molar-refractivity contribution in [3.63, 3.8) is 0 Å². The van der Waals surface area contributed by atoms with Gasteiger partial charge in [-0.3, -0.25) is 4.98 Å². The second kappa shape index (κ2) is 5.06. The predicted molar refractivity (Wildman–Crippen MR) is 75.5 cm³/mol. The number of rotatable bonds is 3. The lowest BCUT2D eigenvalue weighted by molar-refractivity contribution is 0.613. The maximum Gasteiger partial charge on any atom is 0.128 e. The number of hydrogen-bond acceptors (Lipinski definition) is 2. The molecule has 0 radical (unpaired) electrons. The van der Waals surface area contributed by atoms with Crippen molar-refractivity contribution < 1.29 is 4.39 Å². The van der Waals surface area contributed by atoms with Gasteiger partial charge >= 0.3 is 0 Å². The third-order valence-corrected chi connectivity index (χ3v) is 3.04. The number of anilines is 1. The van der Waals surface area contributed by atoms with Crippen LogP contribution in [0.15, 0.2) is 60.8 Å². The molecule has 0 amide bonds. The van der Waals surface area contributed by atoms with E-state index >= 15 is 0 Å². The first-order chi connectivity index (χ1) is 9.33. The highest BCUT2D eigenvalue weighted by Gasteiger charge is 2.01. The van der Waals surface area contributed by atoms with E-state index in [0.717, 1.165) is 16.6 Å². The monoisotopic (exact) mass is 252 g/mol. The lowest BCUT2D eigenvalue weighted by Gasteiger charge is -2.08. The van der Waals surface area contributed by atoms with E-state index in [4.69, 9.17) is 0 Å². The molecule has 0 saturated heterocycles. The molecule has 1 N–H and O–H groups in total. The van der Waals surface area contributed by atoms with Crippen LogP contribution in [0.2, 0.25) is 0 Å². The van der Waals surface area contributed by atoms with Crippen LogP contribution in [0.1, 0.15) is 5.56 Å². The van der Waals surface area contributed by atoms with Gasteiger partial charge < -0.3 is 5.32 Å². The summed E-state index contributed by atoms with van der Waals surface area (Å²) in [5, 5.41) is 4.30. The molecule has 0 aliphatic heterocycles. The van der Waals surface area contributed by atoms with Crippen LogP contribution < -0.4 is 5.32 Å². The summed E-state index contributed by atoms with van der Waals surface area (Å²) >= 11 is 0. The van der Waals surface area contributed by atoms with Gasteiger partial charge in [-0.25, -0.2) is 4.39 Å². The third kappa shape index (κ3) is 2.55. The van der Waals surface area contributed by atoms with E-state index in [2.05, 4.69) is 10.3 Å². The van der Waals surface area contributed by atoms with E-state index in [0.29, 0.717) is 12.1 Å². The molecular weight excluding hydrogens is 239 g/mol. The maximum atomic E-state index is 13.5. The third-order valence-electron chi connectivity index (χ3n) is 3.04. The van der Waals surface area contributed by atoms with Gasteiger partial charge in [0.15, 0.2) is 0 Å². The van der Waals surface area contributed by atoms with Crippen molar-refractivity contribution in [1.82, 2.24) is 4.98 Å². The fourth-order valence-corrected chi connectivity index (χ4v) is 2.02. The molecule has 2 nitrogen and oxygen atoms in total. The van der Waals surface area contributed by atoms with Gasteiger partial charge in [0.25, 0.3) is 0 Å². The summed E-state index contributed by atoms with van der Waals surface area (Å²) in [5.74, 6) is -0.183. The van der Waals surface area contributed by atoms with E-state index in [1.807, 2.05) is 36.4 Å². The molecule has 0 saturated carbocycles. The number of hydrogen-bond donors (Lipinski definition) is 1. The number of aromatic nitrogens is 1. The van der Waals surface area contributed by atoms with Crippen molar-refractivity contribution in [2.45, 2.75) is 6.54 Å². The highest BCUT2D eigenvalue weighted by molar-refractivity contribution is 5.82. The molecule has 3 rings (SSSR count). The minimum absolute atomic E-state index is 0.183. The molecule has 0 unspecified atom stereocenters. The molecule has 0 atom stereocenters. The summed E-state index contributed by atoms with van der Waals surface area (Å²) in [7, 11) is 0. The number of fused-ring (bicyclic) bond motifs is 1. The minimum Gasteiger partial charge on any atom is -0.381 e. The Bertz CT molecular complexity index is 710. The van der Waals surface area contributed by atoms with Crippen LogP contribution >= 0.6 is 0 Å². The van der Waals surface area contributed by atoms with Crippen molar-refractivity contribution in [2.75, 3.05) is 5.32 Å².